The third-order valence-corrected chi connectivity index (χ3v) is 3.92. The van der Waals surface area contributed by atoms with E-state index < -0.39 is 0 Å². The monoisotopic (exact) mass is 323 g/mol. The molecule has 0 atom stereocenters. The number of nitrogens with one attached hydrogen (secondary N) is 2. The Morgan fingerprint density at radius 1 is 1.17 bits per heavy atom. The molecule has 0 saturated carbocycles. The van der Waals surface area contributed by atoms with Crippen LogP contribution < -0.4 is 5.73 Å². The number of aromatic nitrogens is 8. The molecule has 0 aliphatic rings. The minimum Gasteiger partial charge on any atom is -0.369 e. The number of tetrazole rings is 1. The van der Waals surface area contributed by atoms with Gasteiger partial charge in [-0.15, -0.1) is 10.2 Å². The number of hydrogen-bond acceptors (Lipinski definition) is 6. The van der Waals surface area contributed by atoms with Crippen LogP contribution in [0.25, 0.3) is 11.0 Å². The fourth-order valence-electron chi connectivity index (χ4n) is 2.57. The maximum Gasteiger partial charge on any atom is 0.197 e. The zero-order chi connectivity index (χ0) is 16.7. The van der Waals surface area contributed by atoms with E-state index in [0.29, 0.717) is 24.7 Å². The molecule has 0 aliphatic carbocycles. The topological polar surface area (TPSA) is 127 Å². The van der Waals surface area contributed by atoms with Gasteiger partial charge in [-0.25, -0.2) is 9.97 Å². The molecular formula is C15H17N9. The molecule has 4 N–H and O–H groups in total. The van der Waals surface area contributed by atoms with E-state index >= 15 is 0 Å². The van der Waals surface area contributed by atoms with Gasteiger partial charge < -0.3 is 15.7 Å². The fourth-order valence-corrected chi connectivity index (χ4v) is 2.57. The predicted octanol–water partition coefficient (Wildman–Crippen LogP) is 1.11. The molecule has 0 fully saturated rings. The molecule has 0 amide bonds. The first-order valence-electron chi connectivity index (χ1n) is 7.59. The van der Waals surface area contributed by atoms with Crippen molar-refractivity contribution in [1.82, 2.24) is 40.1 Å². The first kappa shape index (κ1) is 14.4. The highest BCUT2D eigenvalue weighted by Gasteiger charge is 2.10. The molecule has 0 bridgehead atoms. The second-order valence-corrected chi connectivity index (χ2v) is 5.83. The summed E-state index contributed by atoms with van der Waals surface area (Å²) in [4.78, 5) is 16.4. The molecule has 0 spiro atoms. The first-order chi connectivity index (χ1) is 11.6. The van der Waals surface area contributed by atoms with E-state index in [0.717, 1.165) is 22.6 Å². The van der Waals surface area contributed by atoms with Crippen LogP contribution in [0.15, 0.2) is 18.3 Å². The second-order valence-electron chi connectivity index (χ2n) is 5.83. The summed E-state index contributed by atoms with van der Waals surface area (Å²) in [6.45, 7) is 4.60. The van der Waals surface area contributed by atoms with Gasteiger partial charge in [0.25, 0.3) is 0 Å². The van der Waals surface area contributed by atoms with Gasteiger partial charge >= 0.3 is 0 Å². The standard InChI is InChI=1S/C15H17N9/c1-8-3-11-12(4-9(8)2)20-14(19-11)7-24-22-13(21-23-24)5-10-6-17-15(16)18-10/h3-4,6H,5,7H2,1-2H3,(H,19,20)(H3,16,17,18). The summed E-state index contributed by atoms with van der Waals surface area (Å²) in [6.07, 6.45) is 2.21. The van der Waals surface area contributed by atoms with E-state index in [4.69, 9.17) is 5.73 Å². The van der Waals surface area contributed by atoms with Crippen LogP contribution in [-0.2, 0) is 13.0 Å². The molecule has 0 aliphatic heterocycles. The van der Waals surface area contributed by atoms with Crippen LogP contribution in [-0.4, -0.2) is 40.1 Å². The number of benzene rings is 1. The van der Waals surface area contributed by atoms with Crippen LogP contribution >= 0.6 is 0 Å². The van der Waals surface area contributed by atoms with Gasteiger partial charge in [-0.1, -0.05) is 0 Å². The van der Waals surface area contributed by atoms with Crippen molar-refractivity contribution in [3.05, 3.63) is 46.8 Å². The quantitative estimate of drug-likeness (QED) is 0.516. The van der Waals surface area contributed by atoms with Gasteiger partial charge in [-0.3, -0.25) is 0 Å². The second kappa shape index (κ2) is 5.44. The van der Waals surface area contributed by atoms with E-state index in [-0.39, 0.29) is 0 Å². The van der Waals surface area contributed by atoms with E-state index in [2.05, 4.69) is 61.3 Å². The maximum absolute atomic E-state index is 5.56. The van der Waals surface area contributed by atoms with Gasteiger partial charge in [-0.05, 0) is 42.3 Å². The summed E-state index contributed by atoms with van der Waals surface area (Å²) in [7, 11) is 0. The fraction of sp³-hybridized carbons (Fsp3) is 0.267. The Labute approximate surface area is 137 Å². The number of rotatable bonds is 4. The number of hydrogen-bond donors (Lipinski definition) is 3. The molecular weight excluding hydrogens is 306 g/mol. The number of fused-ring (bicyclic) bond motifs is 1. The van der Waals surface area contributed by atoms with Gasteiger partial charge in [0.1, 0.15) is 12.4 Å². The van der Waals surface area contributed by atoms with Crippen LogP contribution in [0.4, 0.5) is 5.95 Å². The van der Waals surface area contributed by atoms with E-state index in [1.807, 2.05) is 0 Å². The highest BCUT2D eigenvalue weighted by molar-refractivity contribution is 5.77. The molecule has 24 heavy (non-hydrogen) atoms. The largest absolute Gasteiger partial charge is 0.369 e. The number of anilines is 1. The van der Waals surface area contributed by atoms with Crippen molar-refractivity contribution in [3.8, 4) is 0 Å². The number of H-pyrrole nitrogens is 2. The Hall–Kier alpha value is -3.23. The highest BCUT2D eigenvalue weighted by Crippen LogP contribution is 2.17. The maximum atomic E-state index is 5.56. The van der Waals surface area contributed by atoms with Gasteiger partial charge in [0.05, 0.1) is 23.1 Å². The predicted molar refractivity (Wildman–Crippen MR) is 88.3 cm³/mol. The summed E-state index contributed by atoms with van der Waals surface area (Å²) in [5.41, 5.74) is 10.8. The Balaban J connectivity index is 1.53. The van der Waals surface area contributed by atoms with E-state index in [9.17, 15) is 0 Å². The lowest BCUT2D eigenvalue weighted by Crippen LogP contribution is -2.05. The molecule has 0 radical (unpaired) electrons. The zero-order valence-corrected chi connectivity index (χ0v) is 13.4. The average molecular weight is 323 g/mol. The molecule has 3 heterocycles. The van der Waals surface area contributed by atoms with Crippen molar-refractivity contribution < 1.29 is 0 Å². The van der Waals surface area contributed by atoms with Crippen molar-refractivity contribution in [2.75, 3.05) is 5.73 Å². The smallest absolute Gasteiger partial charge is 0.197 e. The Morgan fingerprint density at radius 3 is 2.79 bits per heavy atom. The zero-order valence-electron chi connectivity index (χ0n) is 13.4. The molecule has 4 aromatic rings. The van der Waals surface area contributed by atoms with E-state index in [1.54, 1.807) is 6.20 Å². The SMILES string of the molecule is Cc1cc2nc(Cn3nnc(Cc4c[nH]c(N)n4)n3)[nH]c2cc1C. The van der Waals surface area contributed by atoms with Crippen LogP contribution in [0.3, 0.4) is 0 Å². The first-order valence-corrected chi connectivity index (χ1v) is 7.59. The van der Waals surface area contributed by atoms with Crippen molar-refractivity contribution in [1.29, 1.82) is 0 Å². The molecule has 9 nitrogen and oxygen atoms in total. The summed E-state index contributed by atoms with van der Waals surface area (Å²) >= 11 is 0. The number of aromatic amines is 2. The molecule has 1 aromatic carbocycles. The summed E-state index contributed by atoms with van der Waals surface area (Å²) in [6, 6.07) is 4.18. The Morgan fingerprint density at radius 2 is 2.00 bits per heavy atom. The van der Waals surface area contributed by atoms with Crippen molar-refractivity contribution in [2.45, 2.75) is 26.8 Å². The Bertz CT molecular complexity index is 968. The van der Waals surface area contributed by atoms with Gasteiger partial charge in [0, 0.05) is 6.20 Å². The van der Waals surface area contributed by atoms with Crippen LogP contribution in [0.5, 0.6) is 0 Å². The number of nitrogens with two attached hydrogens (primary N) is 1. The van der Waals surface area contributed by atoms with E-state index in [1.165, 1.54) is 15.9 Å². The van der Waals surface area contributed by atoms with Gasteiger partial charge in [0.2, 0.25) is 0 Å². The highest BCUT2D eigenvalue weighted by atomic mass is 15.6. The lowest BCUT2D eigenvalue weighted by atomic mass is 10.1. The normalized spacial score (nSPS) is 11.4. The molecule has 0 saturated heterocycles. The number of nitrogen functional groups attached to an aromatic ring is 1. The summed E-state index contributed by atoms with van der Waals surface area (Å²) < 4.78 is 0. The van der Waals surface area contributed by atoms with Crippen molar-refractivity contribution >= 4 is 17.0 Å². The van der Waals surface area contributed by atoms with Crippen LogP contribution in [0.2, 0.25) is 0 Å². The lowest BCUT2D eigenvalue weighted by molar-refractivity contribution is 0.556. The number of nitrogens with zero attached hydrogens (tertiary/aromatic N) is 6. The van der Waals surface area contributed by atoms with Gasteiger partial charge in [0.15, 0.2) is 11.8 Å². The van der Waals surface area contributed by atoms with Crippen molar-refractivity contribution in [3.63, 3.8) is 0 Å². The van der Waals surface area contributed by atoms with Crippen LogP contribution in [0, 0.1) is 13.8 Å². The molecule has 4 rings (SSSR count). The molecule has 0 unspecified atom stereocenters. The molecule has 9 heteroatoms. The van der Waals surface area contributed by atoms with Crippen LogP contribution in [0.1, 0.15) is 28.5 Å². The summed E-state index contributed by atoms with van der Waals surface area (Å²) in [5.74, 6) is 1.76. The lowest BCUT2D eigenvalue weighted by Gasteiger charge is -1.97. The Kier molecular flexibility index (Phi) is 3.26. The molecule has 122 valence electrons. The average Bonchev–Trinajstić information content (AvgIpc) is 3.22. The minimum atomic E-state index is 0.380. The minimum absolute atomic E-state index is 0.380. The third-order valence-electron chi connectivity index (χ3n) is 3.92. The van der Waals surface area contributed by atoms with Gasteiger partial charge in [-0.2, -0.15) is 4.80 Å². The molecule has 3 aromatic heterocycles. The van der Waals surface area contributed by atoms with Crippen molar-refractivity contribution in [2.24, 2.45) is 0 Å². The number of aryl methyl sites for hydroxylation is 2. The third kappa shape index (κ3) is 2.71. The number of imidazole rings is 2. The summed E-state index contributed by atoms with van der Waals surface area (Å²) in [5, 5.41) is 12.5.